The van der Waals surface area contributed by atoms with Gasteiger partial charge in [-0.15, -0.1) is 11.6 Å². The Kier molecular flexibility index (Phi) is 4.77. The number of hydrogen-bond donors (Lipinski definition) is 0. The SMILES string of the molecule is CC(CCl)CN(C)C1CCSC1. The zero-order chi connectivity index (χ0) is 8.97. The summed E-state index contributed by atoms with van der Waals surface area (Å²) in [5, 5.41) is 0. The molecule has 0 aromatic carbocycles. The topological polar surface area (TPSA) is 3.24 Å². The van der Waals surface area contributed by atoms with Crippen molar-refractivity contribution in [3.8, 4) is 0 Å². The van der Waals surface area contributed by atoms with Crippen molar-refractivity contribution < 1.29 is 0 Å². The molecule has 3 heteroatoms. The van der Waals surface area contributed by atoms with E-state index in [1.165, 1.54) is 17.9 Å². The summed E-state index contributed by atoms with van der Waals surface area (Å²) in [4.78, 5) is 2.47. The maximum absolute atomic E-state index is 5.77. The van der Waals surface area contributed by atoms with Crippen LogP contribution in [0.4, 0.5) is 0 Å². The maximum Gasteiger partial charge on any atom is 0.0261 e. The average molecular weight is 208 g/mol. The van der Waals surface area contributed by atoms with Crippen molar-refractivity contribution >= 4 is 23.4 Å². The molecule has 2 atom stereocenters. The van der Waals surface area contributed by atoms with E-state index < -0.39 is 0 Å². The Bertz CT molecular complexity index is 126. The summed E-state index contributed by atoms with van der Waals surface area (Å²) < 4.78 is 0. The number of halogens is 1. The summed E-state index contributed by atoms with van der Waals surface area (Å²) in [6.45, 7) is 3.36. The molecule has 1 rings (SSSR count). The van der Waals surface area contributed by atoms with Crippen LogP contribution in [0.3, 0.4) is 0 Å². The van der Waals surface area contributed by atoms with E-state index in [-0.39, 0.29) is 0 Å². The highest BCUT2D eigenvalue weighted by Gasteiger charge is 2.20. The Morgan fingerprint density at radius 1 is 1.67 bits per heavy atom. The summed E-state index contributed by atoms with van der Waals surface area (Å²) >= 11 is 7.84. The zero-order valence-corrected chi connectivity index (χ0v) is 9.50. The maximum atomic E-state index is 5.77. The standard InChI is InChI=1S/C9H18ClNS/c1-8(5-10)6-11(2)9-3-4-12-7-9/h8-9H,3-7H2,1-2H3. The van der Waals surface area contributed by atoms with Crippen molar-refractivity contribution in [3.63, 3.8) is 0 Å². The third-order valence-corrected chi connectivity index (χ3v) is 4.06. The van der Waals surface area contributed by atoms with Crippen LogP contribution in [0.2, 0.25) is 0 Å². The Labute approximate surface area is 84.8 Å². The van der Waals surface area contributed by atoms with Crippen LogP contribution < -0.4 is 0 Å². The molecule has 0 amide bonds. The molecule has 0 spiro atoms. The lowest BCUT2D eigenvalue weighted by atomic mass is 10.1. The fraction of sp³-hybridized carbons (Fsp3) is 1.00. The predicted molar refractivity (Wildman–Crippen MR) is 58.2 cm³/mol. The summed E-state index contributed by atoms with van der Waals surface area (Å²) in [6.07, 6.45) is 1.36. The van der Waals surface area contributed by atoms with Crippen LogP contribution in [0.15, 0.2) is 0 Å². The fourth-order valence-electron chi connectivity index (χ4n) is 1.56. The summed E-state index contributed by atoms with van der Waals surface area (Å²) in [5.74, 6) is 4.06. The van der Waals surface area contributed by atoms with Gasteiger partial charge in [0.2, 0.25) is 0 Å². The lowest BCUT2D eigenvalue weighted by Crippen LogP contribution is -2.35. The lowest BCUT2D eigenvalue weighted by Gasteiger charge is -2.25. The van der Waals surface area contributed by atoms with Crippen molar-refractivity contribution in [1.29, 1.82) is 0 Å². The van der Waals surface area contributed by atoms with Crippen LogP contribution in [-0.4, -0.2) is 41.9 Å². The minimum Gasteiger partial charge on any atom is -0.302 e. The van der Waals surface area contributed by atoms with E-state index in [2.05, 4.69) is 30.6 Å². The number of alkyl halides is 1. The third-order valence-electron chi connectivity index (χ3n) is 2.39. The first-order valence-electron chi connectivity index (χ1n) is 4.58. The van der Waals surface area contributed by atoms with Crippen LogP contribution in [0, 0.1) is 5.92 Å². The highest BCUT2D eigenvalue weighted by molar-refractivity contribution is 7.99. The largest absolute Gasteiger partial charge is 0.302 e. The molecule has 1 aliphatic heterocycles. The molecular formula is C9H18ClNS. The summed E-state index contributed by atoms with van der Waals surface area (Å²) in [6, 6.07) is 0.806. The normalized spacial score (nSPS) is 26.5. The van der Waals surface area contributed by atoms with E-state index in [0.29, 0.717) is 5.92 Å². The number of hydrogen-bond acceptors (Lipinski definition) is 2. The molecule has 1 aliphatic rings. The van der Waals surface area contributed by atoms with E-state index >= 15 is 0 Å². The van der Waals surface area contributed by atoms with Crippen LogP contribution in [0.1, 0.15) is 13.3 Å². The Morgan fingerprint density at radius 3 is 2.92 bits per heavy atom. The Hall–Kier alpha value is 0.600. The quantitative estimate of drug-likeness (QED) is 0.651. The third kappa shape index (κ3) is 3.15. The first-order chi connectivity index (χ1) is 5.74. The highest BCUT2D eigenvalue weighted by atomic mass is 35.5. The van der Waals surface area contributed by atoms with Gasteiger partial charge in [0, 0.05) is 24.2 Å². The van der Waals surface area contributed by atoms with E-state index in [1.807, 2.05) is 0 Å². The molecule has 2 unspecified atom stereocenters. The predicted octanol–water partition coefficient (Wildman–Crippen LogP) is 2.30. The molecule has 0 radical (unpaired) electrons. The van der Waals surface area contributed by atoms with Crippen molar-refractivity contribution in [1.82, 2.24) is 4.90 Å². The summed E-state index contributed by atoms with van der Waals surface area (Å²) in [5.41, 5.74) is 0. The molecule has 1 saturated heterocycles. The van der Waals surface area contributed by atoms with Gasteiger partial charge in [0.05, 0.1) is 0 Å². The van der Waals surface area contributed by atoms with Gasteiger partial charge >= 0.3 is 0 Å². The molecule has 1 heterocycles. The van der Waals surface area contributed by atoms with Gasteiger partial charge < -0.3 is 4.90 Å². The monoisotopic (exact) mass is 207 g/mol. The minimum absolute atomic E-state index is 0.627. The van der Waals surface area contributed by atoms with Gasteiger partial charge in [0.1, 0.15) is 0 Å². The molecular weight excluding hydrogens is 190 g/mol. The molecule has 1 nitrogen and oxygen atoms in total. The Morgan fingerprint density at radius 2 is 2.42 bits per heavy atom. The van der Waals surface area contributed by atoms with Crippen LogP contribution in [0.25, 0.3) is 0 Å². The second kappa shape index (κ2) is 5.36. The lowest BCUT2D eigenvalue weighted by molar-refractivity contribution is 0.236. The van der Waals surface area contributed by atoms with Crippen molar-refractivity contribution in [2.75, 3.05) is 31.0 Å². The van der Waals surface area contributed by atoms with Gasteiger partial charge in [-0.25, -0.2) is 0 Å². The van der Waals surface area contributed by atoms with Crippen LogP contribution >= 0.6 is 23.4 Å². The average Bonchev–Trinajstić information content (AvgIpc) is 2.56. The van der Waals surface area contributed by atoms with Gasteiger partial charge in [-0.1, -0.05) is 6.92 Å². The fourth-order valence-corrected chi connectivity index (χ4v) is 2.96. The smallest absolute Gasteiger partial charge is 0.0261 e. The first kappa shape index (κ1) is 10.7. The molecule has 72 valence electrons. The molecule has 12 heavy (non-hydrogen) atoms. The van der Waals surface area contributed by atoms with Crippen molar-refractivity contribution in [2.24, 2.45) is 5.92 Å². The Balaban J connectivity index is 2.21. The van der Waals surface area contributed by atoms with Crippen LogP contribution in [0.5, 0.6) is 0 Å². The number of thioether (sulfide) groups is 1. The second-order valence-corrected chi connectivity index (χ2v) is 5.17. The molecule has 0 aromatic rings. The molecule has 0 aromatic heterocycles. The van der Waals surface area contributed by atoms with E-state index in [0.717, 1.165) is 18.5 Å². The van der Waals surface area contributed by atoms with Gasteiger partial charge in [-0.2, -0.15) is 11.8 Å². The second-order valence-electron chi connectivity index (χ2n) is 3.72. The first-order valence-corrected chi connectivity index (χ1v) is 6.27. The van der Waals surface area contributed by atoms with Gasteiger partial charge in [0.15, 0.2) is 0 Å². The van der Waals surface area contributed by atoms with Gasteiger partial charge in [0.25, 0.3) is 0 Å². The number of rotatable bonds is 4. The van der Waals surface area contributed by atoms with Crippen molar-refractivity contribution in [3.05, 3.63) is 0 Å². The summed E-state index contributed by atoms with van der Waals surface area (Å²) in [7, 11) is 2.22. The zero-order valence-electron chi connectivity index (χ0n) is 7.92. The minimum atomic E-state index is 0.627. The van der Waals surface area contributed by atoms with E-state index in [4.69, 9.17) is 11.6 Å². The molecule has 0 saturated carbocycles. The molecule has 1 fully saturated rings. The molecule has 0 aliphatic carbocycles. The molecule has 0 bridgehead atoms. The number of nitrogens with zero attached hydrogens (tertiary/aromatic N) is 1. The van der Waals surface area contributed by atoms with Gasteiger partial charge in [-0.05, 0) is 25.1 Å². The van der Waals surface area contributed by atoms with E-state index in [9.17, 15) is 0 Å². The van der Waals surface area contributed by atoms with Crippen LogP contribution in [-0.2, 0) is 0 Å². The van der Waals surface area contributed by atoms with Gasteiger partial charge in [-0.3, -0.25) is 0 Å². The molecule has 0 N–H and O–H groups in total. The van der Waals surface area contributed by atoms with E-state index in [1.54, 1.807) is 0 Å². The highest BCUT2D eigenvalue weighted by Crippen LogP contribution is 2.21. The van der Waals surface area contributed by atoms with Crippen molar-refractivity contribution in [2.45, 2.75) is 19.4 Å².